The third kappa shape index (κ3) is 4.10. The van der Waals surface area contributed by atoms with E-state index >= 15 is 0 Å². The molecule has 0 aromatic heterocycles. The maximum atomic E-state index is 2.41. The molecule has 2 rings (SSSR count). The average molecular weight is 268 g/mol. The summed E-state index contributed by atoms with van der Waals surface area (Å²) >= 11 is 0. The zero-order valence-corrected chi connectivity index (χ0v) is 13.1. The summed E-state index contributed by atoms with van der Waals surface area (Å²) in [6, 6.07) is 15.8. The number of benzene rings is 2. The molecule has 2 aromatic rings. The Bertz CT molecular complexity index is 512. The van der Waals surface area contributed by atoms with Crippen LogP contribution in [0.15, 0.2) is 42.5 Å². The number of rotatable bonds is 8. The predicted octanol–water partition coefficient (Wildman–Crippen LogP) is 6.69. The molecule has 0 nitrogen and oxygen atoms in total. The first-order valence-corrected chi connectivity index (χ1v) is 8.33. The third-order valence-corrected chi connectivity index (χ3v) is 4.29. The van der Waals surface area contributed by atoms with Crippen LogP contribution >= 0.6 is 0 Å². The molecule has 0 heteroatoms. The Morgan fingerprint density at radius 1 is 0.750 bits per heavy atom. The monoisotopic (exact) mass is 268 g/mol. The molecule has 0 saturated heterocycles. The summed E-state index contributed by atoms with van der Waals surface area (Å²) in [5.74, 6) is 0.751. The van der Waals surface area contributed by atoms with Gasteiger partial charge in [0.05, 0.1) is 0 Å². The van der Waals surface area contributed by atoms with Crippen molar-refractivity contribution in [3.63, 3.8) is 0 Å². The first-order valence-electron chi connectivity index (χ1n) is 8.33. The van der Waals surface area contributed by atoms with Gasteiger partial charge in [-0.1, -0.05) is 88.4 Å². The number of unbranched alkanes of at least 4 members (excludes halogenated alkanes) is 3. The normalized spacial score (nSPS) is 12.7. The second kappa shape index (κ2) is 8.09. The van der Waals surface area contributed by atoms with Crippen LogP contribution in [0.25, 0.3) is 10.8 Å². The van der Waals surface area contributed by atoms with E-state index in [9.17, 15) is 0 Å². The number of hydrogen-bond acceptors (Lipinski definition) is 0. The highest BCUT2D eigenvalue weighted by Gasteiger charge is 2.10. The van der Waals surface area contributed by atoms with Gasteiger partial charge in [0.2, 0.25) is 0 Å². The Balaban J connectivity index is 2.09. The fourth-order valence-corrected chi connectivity index (χ4v) is 3.11. The molecule has 1 atom stereocenters. The Morgan fingerprint density at radius 2 is 1.55 bits per heavy atom. The summed E-state index contributed by atoms with van der Waals surface area (Å²) in [4.78, 5) is 0. The molecule has 0 heterocycles. The van der Waals surface area contributed by atoms with E-state index in [2.05, 4.69) is 56.3 Å². The second-order valence-electron chi connectivity index (χ2n) is 5.94. The summed E-state index contributed by atoms with van der Waals surface area (Å²) in [5, 5.41) is 2.75. The van der Waals surface area contributed by atoms with Gasteiger partial charge in [-0.2, -0.15) is 0 Å². The van der Waals surface area contributed by atoms with E-state index in [1.807, 2.05) is 0 Å². The molecule has 1 unspecified atom stereocenters. The van der Waals surface area contributed by atoms with Crippen molar-refractivity contribution in [2.45, 2.75) is 64.7 Å². The van der Waals surface area contributed by atoms with E-state index in [1.165, 1.54) is 55.7 Å². The molecule has 0 N–H and O–H groups in total. The van der Waals surface area contributed by atoms with Gasteiger partial charge in [-0.15, -0.1) is 0 Å². The van der Waals surface area contributed by atoms with Crippen LogP contribution in [-0.4, -0.2) is 0 Å². The van der Waals surface area contributed by atoms with E-state index in [0.717, 1.165) is 5.92 Å². The lowest BCUT2D eigenvalue weighted by Gasteiger charge is -2.17. The molecule has 2 aromatic carbocycles. The van der Waals surface area contributed by atoms with Gasteiger partial charge in [-0.05, 0) is 35.1 Å². The van der Waals surface area contributed by atoms with E-state index in [4.69, 9.17) is 0 Å². The molecule has 0 aliphatic heterocycles. The lowest BCUT2D eigenvalue weighted by atomic mass is 9.88. The molecule has 108 valence electrons. The van der Waals surface area contributed by atoms with Crippen molar-refractivity contribution in [2.75, 3.05) is 0 Å². The fraction of sp³-hybridized carbons (Fsp3) is 0.500. The molecule has 20 heavy (non-hydrogen) atoms. The van der Waals surface area contributed by atoms with Gasteiger partial charge >= 0.3 is 0 Å². The van der Waals surface area contributed by atoms with Gasteiger partial charge in [0.25, 0.3) is 0 Å². The molecule has 0 spiro atoms. The van der Waals surface area contributed by atoms with Crippen LogP contribution in [0.4, 0.5) is 0 Å². The van der Waals surface area contributed by atoms with Gasteiger partial charge in [0, 0.05) is 0 Å². The topological polar surface area (TPSA) is 0 Å². The Morgan fingerprint density at radius 3 is 2.30 bits per heavy atom. The van der Waals surface area contributed by atoms with Crippen LogP contribution in [-0.2, 0) is 0 Å². The SMILES string of the molecule is CCCCCCC(CCC)c1ccc2ccccc2c1. The van der Waals surface area contributed by atoms with Gasteiger partial charge in [-0.25, -0.2) is 0 Å². The molecular weight excluding hydrogens is 240 g/mol. The van der Waals surface area contributed by atoms with Gasteiger partial charge < -0.3 is 0 Å². The summed E-state index contributed by atoms with van der Waals surface area (Å²) in [5.41, 5.74) is 1.54. The van der Waals surface area contributed by atoms with Crippen LogP contribution in [0.2, 0.25) is 0 Å². The minimum absolute atomic E-state index is 0.751. The van der Waals surface area contributed by atoms with Crippen LogP contribution in [0.1, 0.15) is 70.3 Å². The minimum atomic E-state index is 0.751. The lowest BCUT2D eigenvalue weighted by Crippen LogP contribution is -1.99. The van der Waals surface area contributed by atoms with Crippen molar-refractivity contribution in [1.29, 1.82) is 0 Å². The van der Waals surface area contributed by atoms with E-state index in [0.29, 0.717) is 0 Å². The molecule has 0 saturated carbocycles. The maximum Gasteiger partial charge on any atom is -0.0162 e. The minimum Gasteiger partial charge on any atom is -0.0654 e. The fourth-order valence-electron chi connectivity index (χ4n) is 3.11. The van der Waals surface area contributed by atoms with Crippen molar-refractivity contribution in [2.24, 2.45) is 0 Å². The van der Waals surface area contributed by atoms with Gasteiger partial charge in [-0.3, -0.25) is 0 Å². The van der Waals surface area contributed by atoms with Crippen molar-refractivity contribution in [1.82, 2.24) is 0 Å². The number of fused-ring (bicyclic) bond motifs is 1. The number of hydrogen-bond donors (Lipinski definition) is 0. The Labute approximate surface area is 124 Å². The second-order valence-corrected chi connectivity index (χ2v) is 5.94. The van der Waals surface area contributed by atoms with E-state index in [-0.39, 0.29) is 0 Å². The molecule has 0 amide bonds. The quantitative estimate of drug-likeness (QED) is 0.468. The molecule has 0 bridgehead atoms. The molecule has 0 aliphatic rings. The molecule has 0 fully saturated rings. The zero-order chi connectivity index (χ0) is 14.2. The molecular formula is C20H28. The predicted molar refractivity (Wildman–Crippen MR) is 90.4 cm³/mol. The van der Waals surface area contributed by atoms with Gasteiger partial charge in [0.15, 0.2) is 0 Å². The summed E-state index contributed by atoms with van der Waals surface area (Å²) in [7, 11) is 0. The van der Waals surface area contributed by atoms with Crippen molar-refractivity contribution in [3.8, 4) is 0 Å². The highest BCUT2D eigenvalue weighted by Crippen LogP contribution is 2.29. The van der Waals surface area contributed by atoms with Gasteiger partial charge in [0.1, 0.15) is 0 Å². The first kappa shape index (κ1) is 15.1. The maximum absolute atomic E-state index is 2.41. The smallest absolute Gasteiger partial charge is 0.0162 e. The van der Waals surface area contributed by atoms with Crippen molar-refractivity contribution < 1.29 is 0 Å². The van der Waals surface area contributed by atoms with Crippen molar-refractivity contribution in [3.05, 3.63) is 48.0 Å². The van der Waals surface area contributed by atoms with E-state index in [1.54, 1.807) is 5.56 Å². The third-order valence-electron chi connectivity index (χ3n) is 4.29. The van der Waals surface area contributed by atoms with Crippen LogP contribution < -0.4 is 0 Å². The lowest BCUT2D eigenvalue weighted by molar-refractivity contribution is 0.521. The highest BCUT2D eigenvalue weighted by molar-refractivity contribution is 5.83. The largest absolute Gasteiger partial charge is 0.0654 e. The highest BCUT2D eigenvalue weighted by atomic mass is 14.2. The summed E-state index contributed by atoms with van der Waals surface area (Å²) < 4.78 is 0. The van der Waals surface area contributed by atoms with E-state index < -0.39 is 0 Å². The molecule has 0 aliphatic carbocycles. The zero-order valence-electron chi connectivity index (χ0n) is 13.1. The van der Waals surface area contributed by atoms with Crippen LogP contribution in [0, 0.1) is 0 Å². The first-order chi connectivity index (χ1) is 9.85. The van der Waals surface area contributed by atoms with Crippen LogP contribution in [0.5, 0.6) is 0 Å². The average Bonchev–Trinajstić information content (AvgIpc) is 2.50. The molecule has 0 radical (unpaired) electrons. The summed E-state index contributed by atoms with van der Waals surface area (Å²) in [6.45, 7) is 4.59. The van der Waals surface area contributed by atoms with Crippen LogP contribution in [0.3, 0.4) is 0 Å². The van der Waals surface area contributed by atoms with Crippen molar-refractivity contribution >= 4 is 10.8 Å². The Kier molecular flexibility index (Phi) is 6.11. The summed E-state index contributed by atoms with van der Waals surface area (Å²) in [6.07, 6.45) is 9.45. The Hall–Kier alpha value is -1.30. The standard InChI is InChI=1S/C20H28/c1-3-5-6-7-11-17(10-4-2)20-15-14-18-12-8-9-13-19(18)16-20/h8-9,12-17H,3-7,10-11H2,1-2H3.